The van der Waals surface area contributed by atoms with Crippen LogP contribution in [-0.4, -0.2) is 23.9 Å². The molecule has 0 radical (unpaired) electrons. The Hall–Kier alpha value is -4.21. The van der Waals surface area contributed by atoms with Gasteiger partial charge in [-0.05, 0) is 0 Å². The van der Waals surface area contributed by atoms with Crippen LogP contribution in [0.25, 0.3) is 0 Å². The first-order chi connectivity index (χ1) is 28.6. The zero-order chi connectivity index (χ0) is 41.3. The molecule has 304 valence electrons. The average molecular weight is 876 g/mol. The van der Waals surface area contributed by atoms with Gasteiger partial charge < -0.3 is 0 Å². The van der Waals surface area contributed by atoms with E-state index >= 15 is 17.6 Å². The van der Waals surface area contributed by atoms with Gasteiger partial charge in [0, 0.05) is 0 Å². The topological polar surface area (TPSA) is 40.6 Å². The van der Waals surface area contributed by atoms with Gasteiger partial charge >= 0.3 is 358 Å². The fourth-order valence-corrected chi connectivity index (χ4v) is 19.1. The molecule has 0 N–H and O–H groups in total. The Bertz CT molecular complexity index is 2200. The number of hydrogen-bond donors (Lipinski definition) is 0. The average Bonchev–Trinajstić information content (AvgIpc) is 4.00. The van der Waals surface area contributed by atoms with Crippen molar-refractivity contribution in [2.24, 2.45) is 0 Å². The summed E-state index contributed by atoms with van der Waals surface area (Å²) in [5, 5.41) is 0.371. The molecule has 2 fully saturated rings. The minimum atomic E-state index is -5.38. The van der Waals surface area contributed by atoms with Gasteiger partial charge in [0.05, 0.1) is 0 Å². The monoisotopic (exact) mass is 874 g/mol. The summed E-state index contributed by atoms with van der Waals surface area (Å²) in [6.07, 6.45) is 21.4. The van der Waals surface area contributed by atoms with Crippen LogP contribution < -0.4 is 17.5 Å². The van der Waals surface area contributed by atoms with E-state index in [-0.39, 0.29) is 32.5 Å². The molecule has 0 aliphatic heterocycles. The molecule has 0 aromatic heterocycles. The summed E-state index contributed by atoms with van der Waals surface area (Å²) in [5.74, 6) is -5.05. The van der Waals surface area contributed by atoms with E-state index in [1.165, 1.54) is 21.9 Å². The fraction of sp³-hybridized carbons (Fsp3) is 0.292. The number of allylic oxidation sites excluding steroid dienone is 8. The van der Waals surface area contributed by atoms with Crippen molar-refractivity contribution >= 4 is 54.1 Å². The third kappa shape index (κ3) is 7.60. The molecule has 0 atom stereocenters. The van der Waals surface area contributed by atoms with Crippen molar-refractivity contribution < 1.29 is 43.7 Å². The van der Waals surface area contributed by atoms with Gasteiger partial charge in [-0.15, -0.1) is 0 Å². The first-order valence-electron chi connectivity index (χ1n) is 20.5. The van der Waals surface area contributed by atoms with Gasteiger partial charge in [0.1, 0.15) is 0 Å². The van der Waals surface area contributed by atoms with Gasteiger partial charge in [-0.25, -0.2) is 0 Å². The number of hydrogen-bond acceptors (Lipinski definition) is 2. The van der Waals surface area contributed by atoms with E-state index in [0.717, 1.165) is 50.7 Å². The van der Waals surface area contributed by atoms with Crippen LogP contribution in [0.5, 0.6) is 0 Å². The maximum absolute atomic E-state index is 18.4. The zero-order valence-electron chi connectivity index (χ0n) is 32.4. The Balaban J connectivity index is 1.40. The van der Waals surface area contributed by atoms with Crippen molar-refractivity contribution in [2.75, 3.05) is 9.80 Å². The standard InChI is InChI=1S/2C19H17ClF2NO.2C5H5.Ti/c2*20-16-9-5-4-8-15(16)19(24)23(14-6-2-1-3-7-14)18-11-10-13(21)12-17(18)22;2*1-2-4-5-3-1;/h2*4-5,8-11,14H,1-3,6-7H2;2*1-5H;. The second-order valence-electron chi connectivity index (χ2n) is 15.9. The molecule has 0 unspecified atom stereocenters. The van der Waals surface area contributed by atoms with E-state index in [2.05, 4.69) is 0 Å². The van der Waals surface area contributed by atoms with Crippen LogP contribution in [-0.2, 0) is 16.6 Å². The summed E-state index contributed by atoms with van der Waals surface area (Å²) in [6.45, 7) is 0. The molecule has 4 aromatic carbocycles. The minimum absolute atomic E-state index is 0.164. The molecule has 0 spiro atoms. The molecule has 4 nitrogen and oxygen atoms in total. The molecular weight excluding hydrogens is 831 g/mol. The van der Waals surface area contributed by atoms with E-state index in [0.29, 0.717) is 25.7 Å². The van der Waals surface area contributed by atoms with Gasteiger partial charge in [0.15, 0.2) is 0 Å². The predicted molar refractivity (Wildman–Crippen MR) is 226 cm³/mol. The Morgan fingerprint density at radius 1 is 0.508 bits per heavy atom. The third-order valence-corrected chi connectivity index (χ3v) is 21.7. The zero-order valence-corrected chi connectivity index (χ0v) is 35.5. The van der Waals surface area contributed by atoms with E-state index in [1.807, 2.05) is 0 Å². The van der Waals surface area contributed by atoms with Crippen molar-refractivity contribution in [1.82, 2.24) is 0 Å². The fourth-order valence-electron chi connectivity index (χ4n) is 9.85. The van der Waals surface area contributed by atoms with Gasteiger partial charge in [-0.2, -0.15) is 0 Å². The Labute approximate surface area is 356 Å². The van der Waals surface area contributed by atoms with Gasteiger partial charge in [0.2, 0.25) is 0 Å². The predicted octanol–water partition coefficient (Wildman–Crippen LogP) is 12.4. The number of rotatable bonds is 10. The van der Waals surface area contributed by atoms with Crippen molar-refractivity contribution in [3.63, 3.8) is 0 Å². The quantitative estimate of drug-likeness (QED) is 0.118. The molecule has 4 aliphatic carbocycles. The van der Waals surface area contributed by atoms with Crippen molar-refractivity contribution in [3.05, 3.63) is 166 Å². The summed E-state index contributed by atoms with van der Waals surface area (Å²) < 4.78 is 68.9. The van der Waals surface area contributed by atoms with E-state index in [4.69, 9.17) is 23.2 Å². The van der Waals surface area contributed by atoms with Gasteiger partial charge in [0.25, 0.3) is 0 Å². The third-order valence-electron chi connectivity index (χ3n) is 12.6. The van der Waals surface area contributed by atoms with Crippen LogP contribution >= 0.6 is 23.2 Å². The first kappa shape index (κ1) is 41.5. The van der Waals surface area contributed by atoms with Gasteiger partial charge in [-0.1, -0.05) is 0 Å². The van der Waals surface area contributed by atoms with Crippen LogP contribution in [0.15, 0.2) is 121 Å². The Morgan fingerprint density at radius 3 is 1.22 bits per heavy atom. The van der Waals surface area contributed by atoms with Crippen molar-refractivity contribution in [2.45, 2.75) is 84.7 Å². The Morgan fingerprint density at radius 2 is 0.864 bits per heavy atom. The summed E-state index contributed by atoms with van der Waals surface area (Å²) in [7, 11) is 0. The number of halogens is 6. The van der Waals surface area contributed by atoms with Gasteiger partial charge in [-0.3, -0.25) is 0 Å². The van der Waals surface area contributed by atoms with E-state index in [1.54, 1.807) is 97.1 Å². The number of amides is 2. The maximum atomic E-state index is 18.4. The molecule has 11 heteroatoms. The van der Waals surface area contributed by atoms with Crippen LogP contribution in [0.2, 0.25) is 18.5 Å². The van der Waals surface area contributed by atoms with Crippen LogP contribution in [0.4, 0.5) is 28.9 Å². The summed E-state index contributed by atoms with van der Waals surface area (Å²) in [5.41, 5.74) is -0.00603. The SMILES string of the molecule is O=C(c1ccccc1Cl)N(c1ccc(F)[c]([Ti]([c]2c(F)ccc(N(C(=O)c3ccccc3Cl)C3CCCCC3)c2F)([CH]2C=CC=C2)[CH]2C=CC=C2)c1F)C1CCCCC1. The number of anilines is 2. The molecule has 0 saturated heterocycles. The molecule has 8 rings (SSSR count). The molecule has 2 amide bonds. The number of benzene rings is 4. The normalized spacial score (nSPS) is 17.6. The molecule has 2 saturated carbocycles. The van der Waals surface area contributed by atoms with Crippen LogP contribution in [0.1, 0.15) is 84.9 Å². The summed E-state index contributed by atoms with van der Waals surface area (Å²) >= 11 is 7.76. The molecular formula is C48H44Cl2F4N2O2Ti. The number of carbonyl (C=O) groups excluding carboxylic acids is 2. The van der Waals surface area contributed by atoms with Crippen molar-refractivity contribution in [3.8, 4) is 0 Å². The second-order valence-corrected chi connectivity index (χ2v) is 23.0. The molecule has 4 aromatic rings. The van der Waals surface area contributed by atoms with E-state index in [9.17, 15) is 9.59 Å². The van der Waals surface area contributed by atoms with E-state index < -0.39 is 79.9 Å². The molecule has 4 aliphatic rings. The summed E-state index contributed by atoms with van der Waals surface area (Å²) in [6, 6.07) is 17.0. The summed E-state index contributed by atoms with van der Waals surface area (Å²) in [4.78, 5) is 32.0. The first-order valence-corrected chi connectivity index (χ1v) is 24.6. The Kier molecular flexibility index (Phi) is 12.5. The number of carbonyl (C=O) groups is 2. The number of nitrogens with zero attached hydrogens (tertiary/aromatic N) is 2. The second kappa shape index (κ2) is 17.8. The van der Waals surface area contributed by atoms with Crippen LogP contribution in [0.3, 0.4) is 0 Å². The van der Waals surface area contributed by atoms with Crippen molar-refractivity contribution in [1.29, 1.82) is 0 Å². The molecule has 0 bridgehead atoms. The van der Waals surface area contributed by atoms with Crippen LogP contribution in [0, 0.1) is 23.3 Å². The molecule has 0 heterocycles. The molecule has 59 heavy (non-hydrogen) atoms.